The number of aromatic hydroxyl groups is 1. The van der Waals surface area contributed by atoms with Gasteiger partial charge in [0.25, 0.3) is 0 Å². The quantitative estimate of drug-likeness (QED) is 0.452. The van der Waals surface area contributed by atoms with Crippen molar-refractivity contribution in [3.63, 3.8) is 0 Å². The number of hydrogen-bond donors (Lipinski definition) is 5. The van der Waals surface area contributed by atoms with E-state index in [1.807, 2.05) is 0 Å². The van der Waals surface area contributed by atoms with E-state index in [1.54, 1.807) is 0 Å². The average molecular weight is 210 g/mol. The minimum atomic E-state index is -0.818. The molecule has 7 nitrogen and oxygen atoms in total. The lowest BCUT2D eigenvalue weighted by Crippen LogP contribution is -2.21. The molecule has 0 atom stereocenters. The Balaban J connectivity index is 2.99. The fourth-order valence-electron chi connectivity index (χ4n) is 1.01. The molecule has 0 aliphatic heterocycles. The molecule has 0 aromatic heterocycles. The number of carbonyl (C=O) groups excluding carboxylic acids is 2. The molecule has 1 aromatic carbocycles. The Hall–Kier alpha value is -2.44. The molecule has 0 radical (unpaired) electrons. The Morgan fingerprint density at radius 1 is 1.07 bits per heavy atom. The van der Waals surface area contributed by atoms with Crippen LogP contribution >= 0.6 is 0 Å². The lowest BCUT2D eigenvalue weighted by molar-refractivity contribution is 0.258. The van der Waals surface area contributed by atoms with E-state index in [2.05, 4.69) is 10.6 Å². The Kier molecular flexibility index (Phi) is 2.97. The Labute approximate surface area is 85.1 Å². The van der Waals surface area contributed by atoms with Gasteiger partial charge in [-0.25, -0.2) is 9.59 Å². The van der Waals surface area contributed by atoms with Crippen molar-refractivity contribution in [2.75, 3.05) is 10.6 Å². The monoisotopic (exact) mass is 210 g/mol. The van der Waals surface area contributed by atoms with E-state index in [9.17, 15) is 14.7 Å². The number of para-hydroxylation sites is 1. The fourth-order valence-corrected chi connectivity index (χ4v) is 1.01. The highest BCUT2D eigenvalue weighted by Gasteiger charge is 2.08. The number of urea groups is 2. The first kappa shape index (κ1) is 10.6. The molecule has 0 aliphatic rings. The van der Waals surface area contributed by atoms with Gasteiger partial charge in [-0.3, -0.25) is 0 Å². The second kappa shape index (κ2) is 4.18. The van der Waals surface area contributed by atoms with Crippen LogP contribution in [0.15, 0.2) is 18.2 Å². The molecule has 4 amide bonds. The van der Waals surface area contributed by atoms with E-state index < -0.39 is 12.1 Å². The van der Waals surface area contributed by atoms with Crippen molar-refractivity contribution in [2.24, 2.45) is 11.5 Å². The molecule has 0 bridgehead atoms. The normalized spacial score (nSPS) is 9.33. The van der Waals surface area contributed by atoms with Crippen LogP contribution in [-0.2, 0) is 0 Å². The van der Waals surface area contributed by atoms with Gasteiger partial charge in [0.1, 0.15) is 0 Å². The third-order valence-corrected chi connectivity index (χ3v) is 1.55. The van der Waals surface area contributed by atoms with Gasteiger partial charge in [-0.05, 0) is 12.1 Å². The number of anilines is 2. The first-order valence-electron chi connectivity index (χ1n) is 3.95. The predicted molar refractivity (Wildman–Crippen MR) is 54.5 cm³/mol. The molecular weight excluding hydrogens is 200 g/mol. The van der Waals surface area contributed by atoms with Crippen LogP contribution in [-0.4, -0.2) is 17.2 Å². The van der Waals surface area contributed by atoms with Crippen LogP contribution in [0.4, 0.5) is 21.0 Å². The maximum atomic E-state index is 10.5. The standard InChI is InChI=1S/C8H10N4O3/c9-7(14)11-4-2-1-3-5(6(4)13)12-8(10)15/h1-3,13H,(H3,9,11,14)(H3,10,12,15). The summed E-state index contributed by atoms with van der Waals surface area (Å²) < 4.78 is 0. The summed E-state index contributed by atoms with van der Waals surface area (Å²) in [6.07, 6.45) is 0. The second-order valence-electron chi connectivity index (χ2n) is 2.68. The lowest BCUT2D eigenvalue weighted by Gasteiger charge is -2.09. The zero-order valence-corrected chi connectivity index (χ0v) is 7.65. The molecule has 7 N–H and O–H groups in total. The van der Waals surface area contributed by atoms with Crippen molar-refractivity contribution >= 4 is 23.4 Å². The number of nitrogens with two attached hydrogens (primary N) is 2. The van der Waals surface area contributed by atoms with Crippen molar-refractivity contribution in [3.05, 3.63) is 18.2 Å². The molecule has 15 heavy (non-hydrogen) atoms. The van der Waals surface area contributed by atoms with Gasteiger partial charge >= 0.3 is 12.1 Å². The summed E-state index contributed by atoms with van der Waals surface area (Å²) in [4.78, 5) is 21.1. The van der Waals surface area contributed by atoms with Crippen LogP contribution in [0.2, 0.25) is 0 Å². The van der Waals surface area contributed by atoms with Crippen molar-refractivity contribution in [2.45, 2.75) is 0 Å². The predicted octanol–water partition coefficient (Wildman–Crippen LogP) is 0.373. The van der Waals surface area contributed by atoms with Crippen LogP contribution in [0.3, 0.4) is 0 Å². The third kappa shape index (κ3) is 2.76. The van der Waals surface area contributed by atoms with Gasteiger partial charge in [0.05, 0.1) is 11.4 Å². The van der Waals surface area contributed by atoms with Crippen LogP contribution in [0.5, 0.6) is 5.75 Å². The Bertz CT molecular complexity index is 371. The Morgan fingerprint density at radius 3 is 1.80 bits per heavy atom. The molecular formula is C8H10N4O3. The van der Waals surface area contributed by atoms with Crippen LogP contribution in [0.1, 0.15) is 0 Å². The van der Waals surface area contributed by atoms with E-state index in [0.29, 0.717) is 0 Å². The summed E-state index contributed by atoms with van der Waals surface area (Å²) in [5.41, 5.74) is 9.93. The number of hydrogen-bond acceptors (Lipinski definition) is 3. The number of nitrogens with one attached hydrogen (secondary N) is 2. The molecule has 0 saturated carbocycles. The molecule has 7 heteroatoms. The highest BCUT2D eigenvalue weighted by Crippen LogP contribution is 2.31. The summed E-state index contributed by atoms with van der Waals surface area (Å²) in [6.45, 7) is 0. The van der Waals surface area contributed by atoms with Crippen molar-refractivity contribution in [1.29, 1.82) is 0 Å². The number of phenols is 1. The Morgan fingerprint density at radius 2 is 1.47 bits per heavy atom. The maximum Gasteiger partial charge on any atom is 0.316 e. The van der Waals surface area contributed by atoms with Gasteiger partial charge in [0.2, 0.25) is 0 Å². The molecule has 0 saturated heterocycles. The fraction of sp³-hybridized carbons (Fsp3) is 0. The van der Waals surface area contributed by atoms with E-state index >= 15 is 0 Å². The molecule has 0 unspecified atom stereocenters. The number of amides is 4. The van der Waals surface area contributed by atoms with Gasteiger partial charge in [0, 0.05) is 0 Å². The van der Waals surface area contributed by atoms with Crippen molar-refractivity contribution < 1.29 is 14.7 Å². The van der Waals surface area contributed by atoms with Crippen LogP contribution in [0.25, 0.3) is 0 Å². The molecule has 1 aromatic rings. The van der Waals surface area contributed by atoms with E-state index in [4.69, 9.17) is 11.5 Å². The topological polar surface area (TPSA) is 130 Å². The average Bonchev–Trinajstić information content (AvgIpc) is 2.10. The van der Waals surface area contributed by atoms with E-state index in [1.165, 1.54) is 18.2 Å². The number of benzene rings is 1. The number of primary amides is 2. The maximum absolute atomic E-state index is 10.5. The minimum absolute atomic E-state index is 0.0914. The molecule has 80 valence electrons. The van der Waals surface area contributed by atoms with Crippen molar-refractivity contribution in [3.8, 4) is 5.75 Å². The third-order valence-electron chi connectivity index (χ3n) is 1.55. The largest absolute Gasteiger partial charge is 0.504 e. The summed E-state index contributed by atoms with van der Waals surface area (Å²) in [7, 11) is 0. The molecule has 1 rings (SSSR count). The lowest BCUT2D eigenvalue weighted by atomic mass is 10.2. The van der Waals surface area contributed by atoms with Gasteiger partial charge in [-0.1, -0.05) is 6.07 Å². The highest BCUT2D eigenvalue weighted by molar-refractivity contribution is 5.95. The van der Waals surface area contributed by atoms with E-state index in [-0.39, 0.29) is 17.1 Å². The number of phenolic OH excluding ortho intramolecular Hbond substituents is 1. The SMILES string of the molecule is NC(=O)Nc1cccc(NC(N)=O)c1O. The highest BCUT2D eigenvalue weighted by atomic mass is 16.3. The van der Waals surface area contributed by atoms with Crippen molar-refractivity contribution in [1.82, 2.24) is 0 Å². The first-order valence-corrected chi connectivity index (χ1v) is 3.95. The summed E-state index contributed by atoms with van der Waals surface area (Å²) >= 11 is 0. The van der Waals surface area contributed by atoms with Gasteiger partial charge < -0.3 is 27.2 Å². The molecule has 0 aliphatic carbocycles. The van der Waals surface area contributed by atoms with Gasteiger partial charge in [-0.15, -0.1) is 0 Å². The van der Waals surface area contributed by atoms with Gasteiger partial charge in [0.15, 0.2) is 5.75 Å². The molecule has 0 heterocycles. The zero-order valence-electron chi connectivity index (χ0n) is 7.65. The summed E-state index contributed by atoms with van der Waals surface area (Å²) in [6, 6.07) is 2.72. The molecule has 0 fully saturated rings. The zero-order chi connectivity index (χ0) is 11.4. The summed E-state index contributed by atoms with van der Waals surface area (Å²) in [5, 5.41) is 13.9. The van der Waals surface area contributed by atoms with E-state index in [0.717, 1.165) is 0 Å². The first-order chi connectivity index (χ1) is 7.00. The smallest absolute Gasteiger partial charge is 0.316 e. The summed E-state index contributed by atoms with van der Waals surface area (Å²) in [5.74, 6) is -0.310. The minimum Gasteiger partial charge on any atom is -0.504 e. The van der Waals surface area contributed by atoms with Crippen LogP contribution in [0, 0.1) is 0 Å². The molecule has 0 spiro atoms. The number of carbonyl (C=O) groups is 2. The number of rotatable bonds is 2. The van der Waals surface area contributed by atoms with Gasteiger partial charge in [-0.2, -0.15) is 0 Å². The second-order valence-corrected chi connectivity index (χ2v) is 2.68. The van der Waals surface area contributed by atoms with Crippen LogP contribution < -0.4 is 22.1 Å².